The van der Waals surface area contributed by atoms with Crippen LogP contribution in [0, 0.1) is 14.3 Å². The Balaban J connectivity index is 2.13. The number of carbonyl (C=O) groups excluding carboxylic acids is 1. The molecule has 33 heavy (non-hydrogen) atoms. The SMILES string of the molecule is CCCCOC(=O)c1ccccc1-c1c2cc(I)c(=O)c(I)c-2oc2c(I)c(O)c(I)cc12. The summed E-state index contributed by atoms with van der Waals surface area (Å²) in [7, 11) is 0. The third-order valence-corrected chi connectivity index (χ3v) is 8.77. The molecule has 2 aromatic carbocycles. The van der Waals surface area contributed by atoms with Gasteiger partial charge in [0.05, 0.1) is 22.9 Å². The van der Waals surface area contributed by atoms with Crippen molar-refractivity contribution < 1.29 is 19.1 Å². The molecule has 1 aliphatic carbocycles. The van der Waals surface area contributed by atoms with Gasteiger partial charge in [-0.15, -0.1) is 0 Å². The summed E-state index contributed by atoms with van der Waals surface area (Å²) in [4.78, 5) is 25.7. The Labute approximate surface area is 244 Å². The number of hydrogen-bond acceptors (Lipinski definition) is 5. The standard InChI is InChI=1S/C24H16I4O5/c1-2-3-8-32-24(31)12-7-5-4-6-11(12)17-13-9-15(25)20(29)18(27)22(13)33-23-14(17)10-16(26)21(30)19(23)28/h4-7,9-10,29H,2-3,8H2,1H3. The Kier molecular flexibility index (Phi) is 8.10. The summed E-state index contributed by atoms with van der Waals surface area (Å²) in [5.41, 5.74) is 2.96. The topological polar surface area (TPSA) is 76.7 Å². The summed E-state index contributed by atoms with van der Waals surface area (Å²) in [5.74, 6) is 0.151. The summed E-state index contributed by atoms with van der Waals surface area (Å²) in [6.45, 7) is 2.40. The number of unbranched alkanes of at least 4 members (excludes halogenated alkanes) is 1. The maximum Gasteiger partial charge on any atom is 0.338 e. The molecular weight excluding hydrogens is 876 g/mol. The molecule has 0 spiro atoms. The molecule has 170 valence electrons. The van der Waals surface area contributed by atoms with Gasteiger partial charge in [-0.2, -0.15) is 0 Å². The number of hydrogen-bond donors (Lipinski definition) is 1. The summed E-state index contributed by atoms with van der Waals surface area (Å²) >= 11 is 8.15. The Bertz CT molecular complexity index is 1430. The largest absolute Gasteiger partial charge is 0.506 e. The molecule has 1 aliphatic heterocycles. The van der Waals surface area contributed by atoms with E-state index in [1.807, 2.05) is 92.9 Å². The minimum atomic E-state index is -0.394. The number of phenols is 1. The predicted molar refractivity (Wildman–Crippen MR) is 162 cm³/mol. The molecule has 9 heteroatoms. The van der Waals surface area contributed by atoms with Crippen molar-refractivity contribution in [2.45, 2.75) is 19.8 Å². The maximum absolute atomic E-state index is 13.0. The Morgan fingerprint density at radius 2 is 1.76 bits per heavy atom. The van der Waals surface area contributed by atoms with Gasteiger partial charge in [-0.25, -0.2) is 4.79 Å². The molecule has 5 nitrogen and oxygen atoms in total. The quantitative estimate of drug-likeness (QED) is 0.0966. The molecule has 0 radical (unpaired) electrons. The van der Waals surface area contributed by atoms with Gasteiger partial charge in [0, 0.05) is 16.5 Å². The van der Waals surface area contributed by atoms with Crippen LogP contribution in [0.3, 0.4) is 0 Å². The first kappa shape index (κ1) is 25.4. The van der Waals surface area contributed by atoms with Crippen LogP contribution in [0.25, 0.3) is 33.4 Å². The smallest absolute Gasteiger partial charge is 0.338 e. The van der Waals surface area contributed by atoms with E-state index in [2.05, 4.69) is 22.6 Å². The highest BCUT2D eigenvalue weighted by molar-refractivity contribution is 14.1. The normalized spacial score (nSPS) is 11.3. The zero-order valence-electron chi connectivity index (χ0n) is 17.2. The van der Waals surface area contributed by atoms with Crippen LogP contribution in [0.4, 0.5) is 0 Å². The Morgan fingerprint density at radius 1 is 1.03 bits per heavy atom. The molecule has 0 aromatic heterocycles. The van der Waals surface area contributed by atoms with Gasteiger partial charge in [0.1, 0.15) is 9.32 Å². The van der Waals surface area contributed by atoms with E-state index in [4.69, 9.17) is 9.15 Å². The second kappa shape index (κ2) is 10.5. The van der Waals surface area contributed by atoms with Crippen LogP contribution in [0.15, 0.2) is 45.6 Å². The lowest BCUT2D eigenvalue weighted by molar-refractivity contribution is 0.0500. The van der Waals surface area contributed by atoms with Gasteiger partial charge in [-0.05, 0) is 121 Å². The fourth-order valence-corrected chi connectivity index (χ4v) is 7.13. The molecular formula is C24H16I4O5. The first-order chi connectivity index (χ1) is 15.8. The van der Waals surface area contributed by atoms with Crippen molar-refractivity contribution in [1.82, 2.24) is 0 Å². The average molecular weight is 892 g/mol. The van der Waals surface area contributed by atoms with Gasteiger partial charge >= 0.3 is 5.97 Å². The number of ether oxygens (including phenoxy) is 1. The van der Waals surface area contributed by atoms with E-state index < -0.39 is 5.97 Å². The van der Waals surface area contributed by atoms with Crippen molar-refractivity contribution in [3.05, 3.63) is 66.5 Å². The van der Waals surface area contributed by atoms with Crippen LogP contribution >= 0.6 is 90.4 Å². The minimum Gasteiger partial charge on any atom is -0.506 e. The van der Waals surface area contributed by atoms with Crippen molar-refractivity contribution in [2.24, 2.45) is 0 Å². The van der Waals surface area contributed by atoms with Crippen molar-refractivity contribution in [3.63, 3.8) is 0 Å². The van der Waals surface area contributed by atoms with E-state index in [1.165, 1.54) is 0 Å². The highest BCUT2D eigenvalue weighted by Gasteiger charge is 2.27. The fraction of sp³-hybridized carbons (Fsp3) is 0.167. The summed E-state index contributed by atoms with van der Waals surface area (Å²) in [5, 5.41) is 11.3. The number of fused-ring (bicyclic) bond motifs is 2. The van der Waals surface area contributed by atoms with Crippen LogP contribution < -0.4 is 5.43 Å². The first-order valence-electron chi connectivity index (χ1n) is 9.98. The van der Waals surface area contributed by atoms with Gasteiger partial charge in [-0.1, -0.05) is 31.5 Å². The van der Waals surface area contributed by atoms with E-state index in [0.717, 1.165) is 29.4 Å². The number of phenolic OH excluding ortho intramolecular Hbond substituents is 1. The highest BCUT2D eigenvalue weighted by atomic mass is 127. The molecule has 0 amide bonds. The Morgan fingerprint density at radius 3 is 2.48 bits per heavy atom. The Hall–Kier alpha value is -0.680. The zero-order chi connectivity index (χ0) is 23.9. The molecule has 1 heterocycles. The van der Waals surface area contributed by atoms with Gasteiger partial charge in [0.25, 0.3) is 0 Å². The molecule has 4 rings (SSSR count). The summed E-state index contributed by atoms with van der Waals surface area (Å²) in [6.07, 6.45) is 1.72. The van der Waals surface area contributed by atoms with Crippen LogP contribution in [0.2, 0.25) is 0 Å². The van der Waals surface area contributed by atoms with Gasteiger partial charge in [-0.3, -0.25) is 4.79 Å². The molecule has 0 bridgehead atoms. The molecule has 0 saturated heterocycles. The van der Waals surface area contributed by atoms with E-state index in [1.54, 1.807) is 18.2 Å². The molecule has 0 saturated carbocycles. The van der Waals surface area contributed by atoms with E-state index in [-0.39, 0.29) is 11.2 Å². The summed E-state index contributed by atoms with van der Waals surface area (Å²) in [6, 6.07) is 10.9. The van der Waals surface area contributed by atoms with Crippen molar-refractivity contribution in [3.8, 4) is 28.2 Å². The van der Waals surface area contributed by atoms with Crippen LogP contribution in [-0.4, -0.2) is 17.7 Å². The van der Waals surface area contributed by atoms with E-state index >= 15 is 0 Å². The van der Waals surface area contributed by atoms with Crippen LogP contribution in [-0.2, 0) is 4.74 Å². The number of aromatic hydroxyl groups is 1. The lowest BCUT2D eigenvalue weighted by atomic mass is 9.91. The zero-order valence-corrected chi connectivity index (χ0v) is 25.8. The molecule has 1 N–H and O–H groups in total. The van der Waals surface area contributed by atoms with Crippen molar-refractivity contribution in [1.29, 1.82) is 0 Å². The predicted octanol–water partition coefficient (Wildman–Crippen LogP) is 7.65. The number of benzene rings is 3. The lowest BCUT2D eigenvalue weighted by Gasteiger charge is -2.19. The molecule has 2 aromatic rings. The van der Waals surface area contributed by atoms with Crippen molar-refractivity contribution in [2.75, 3.05) is 6.61 Å². The molecule has 0 atom stereocenters. The second-order valence-electron chi connectivity index (χ2n) is 7.29. The number of carbonyl (C=O) groups is 1. The third-order valence-electron chi connectivity index (χ3n) is 5.17. The molecule has 0 fully saturated rings. The van der Waals surface area contributed by atoms with Crippen LogP contribution in [0.5, 0.6) is 5.75 Å². The maximum atomic E-state index is 13.0. The first-order valence-corrected chi connectivity index (χ1v) is 14.3. The number of esters is 1. The van der Waals surface area contributed by atoms with Crippen molar-refractivity contribution >= 4 is 107 Å². The van der Waals surface area contributed by atoms with Gasteiger partial charge < -0.3 is 14.3 Å². The monoisotopic (exact) mass is 892 g/mol. The van der Waals surface area contributed by atoms with Gasteiger partial charge in [0.2, 0.25) is 5.43 Å². The third kappa shape index (κ3) is 4.75. The highest BCUT2D eigenvalue weighted by Crippen LogP contribution is 2.46. The fourth-order valence-electron chi connectivity index (χ4n) is 3.55. The molecule has 0 unspecified atom stereocenters. The lowest BCUT2D eigenvalue weighted by Crippen LogP contribution is -2.13. The number of halogens is 4. The molecule has 2 aliphatic rings. The summed E-state index contributed by atoms with van der Waals surface area (Å²) < 4.78 is 14.0. The average Bonchev–Trinajstić information content (AvgIpc) is 2.80. The number of rotatable bonds is 5. The second-order valence-corrected chi connectivity index (χ2v) is 11.8. The van der Waals surface area contributed by atoms with Gasteiger partial charge in [0.15, 0.2) is 11.3 Å². The van der Waals surface area contributed by atoms with E-state index in [0.29, 0.717) is 43.4 Å². The minimum absolute atomic E-state index is 0.116. The van der Waals surface area contributed by atoms with E-state index in [9.17, 15) is 14.7 Å². The van der Waals surface area contributed by atoms with Crippen LogP contribution in [0.1, 0.15) is 30.1 Å².